The fourth-order valence-electron chi connectivity index (χ4n) is 2.47. The molecule has 0 fully saturated rings. The van der Waals surface area contributed by atoms with Crippen LogP contribution in [-0.2, 0) is 4.79 Å². The maximum absolute atomic E-state index is 13.0. The van der Waals surface area contributed by atoms with E-state index in [4.69, 9.17) is 4.74 Å². The highest BCUT2D eigenvalue weighted by molar-refractivity contribution is 7.14. The van der Waals surface area contributed by atoms with Gasteiger partial charge >= 0.3 is 0 Å². The van der Waals surface area contributed by atoms with Gasteiger partial charge in [-0.25, -0.2) is 9.37 Å². The van der Waals surface area contributed by atoms with Gasteiger partial charge < -0.3 is 4.74 Å². The van der Waals surface area contributed by atoms with Crippen LogP contribution in [0.5, 0.6) is 5.75 Å². The maximum atomic E-state index is 13.0. The van der Waals surface area contributed by atoms with Gasteiger partial charge in [-0.1, -0.05) is 32.0 Å². The second-order valence-electron chi connectivity index (χ2n) is 6.07. The molecule has 0 saturated carbocycles. The van der Waals surface area contributed by atoms with Gasteiger partial charge in [0.25, 0.3) is 5.91 Å². The van der Waals surface area contributed by atoms with Crippen molar-refractivity contribution in [1.82, 2.24) is 4.98 Å². The van der Waals surface area contributed by atoms with Crippen LogP contribution < -0.4 is 10.1 Å². The van der Waals surface area contributed by atoms with Crippen LogP contribution in [0.4, 0.5) is 9.52 Å². The van der Waals surface area contributed by atoms with Crippen molar-refractivity contribution in [2.45, 2.75) is 19.8 Å². The molecule has 0 bridgehead atoms. The highest BCUT2D eigenvalue weighted by Gasteiger charge is 2.11. The van der Waals surface area contributed by atoms with Crippen LogP contribution in [0.15, 0.2) is 53.9 Å². The Morgan fingerprint density at radius 3 is 2.65 bits per heavy atom. The number of halogens is 1. The number of benzene rings is 2. The molecule has 1 N–H and O–H groups in total. The lowest BCUT2D eigenvalue weighted by atomic mass is 10.0. The Bertz CT molecular complexity index is 891. The van der Waals surface area contributed by atoms with E-state index < -0.39 is 0 Å². The zero-order valence-corrected chi connectivity index (χ0v) is 15.3. The molecular weight excluding hydrogens is 351 g/mol. The highest BCUT2D eigenvalue weighted by Crippen LogP contribution is 2.27. The largest absolute Gasteiger partial charge is 0.483 e. The number of hydrogen-bond donors (Lipinski definition) is 1. The normalized spacial score (nSPS) is 10.8. The van der Waals surface area contributed by atoms with Crippen LogP contribution in [0.25, 0.3) is 11.3 Å². The minimum atomic E-state index is -0.295. The summed E-state index contributed by atoms with van der Waals surface area (Å²) >= 11 is 1.31. The number of ether oxygens (including phenoxy) is 1. The van der Waals surface area contributed by atoms with Crippen LogP contribution in [-0.4, -0.2) is 17.5 Å². The molecule has 26 heavy (non-hydrogen) atoms. The van der Waals surface area contributed by atoms with Gasteiger partial charge in [-0.05, 0) is 41.8 Å². The fourth-order valence-corrected chi connectivity index (χ4v) is 3.21. The lowest BCUT2D eigenvalue weighted by Crippen LogP contribution is -2.20. The smallest absolute Gasteiger partial charge is 0.264 e. The summed E-state index contributed by atoms with van der Waals surface area (Å²) in [6, 6.07) is 13.8. The number of amides is 1. The zero-order valence-electron chi connectivity index (χ0n) is 14.5. The number of hydrogen-bond acceptors (Lipinski definition) is 4. The first kappa shape index (κ1) is 18.1. The number of nitrogens with zero attached hydrogens (tertiary/aromatic N) is 1. The van der Waals surface area contributed by atoms with E-state index in [1.165, 1.54) is 23.5 Å². The van der Waals surface area contributed by atoms with Gasteiger partial charge in [-0.15, -0.1) is 11.3 Å². The molecular formula is C20H19FN2O2S. The van der Waals surface area contributed by atoms with Gasteiger partial charge in [0.05, 0.1) is 5.69 Å². The van der Waals surface area contributed by atoms with Crippen molar-refractivity contribution in [1.29, 1.82) is 0 Å². The van der Waals surface area contributed by atoms with E-state index in [2.05, 4.69) is 24.1 Å². The number of rotatable bonds is 6. The number of para-hydroxylation sites is 1. The molecule has 0 spiro atoms. The second kappa shape index (κ2) is 8.10. The quantitative estimate of drug-likeness (QED) is 0.657. The van der Waals surface area contributed by atoms with Crippen molar-refractivity contribution >= 4 is 22.4 Å². The molecule has 134 valence electrons. The van der Waals surface area contributed by atoms with Crippen molar-refractivity contribution in [3.05, 3.63) is 65.3 Å². The number of nitrogens with one attached hydrogen (secondary N) is 1. The highest BCUT2D eigenvalue weighted by atomic mass is 32.1. The predicted octanol–water partition coefficient (Wildman–Crippen LogP) is 5.09. The van der Waals surface area contributed by atoms with Gasteiger partial charge in [0.2, 0.25) is 0 Å². The summed E-state index contributed by atoms with van der Waals surface area (Å²) in [6.07, 6.45) is 0. The van der Waals surface area contributed by atoms with Crippen molar-refractivity contribution in [2.24, 2.45) is 0 Å². The van der Waals surface area contributed by atoms with Crippen LogP contribution in [0.2, 0.25) is 0 Å². The van der Waals surface area contributed by atoms with Gasteiger partial charge in [-0.2, -0.15) is 0 Å². The predicted molar refractivity (Wildman–Crippen MR) is 102 cm³/mol. The first-order valence-corrected chi connectivity index (χ1v) is 9.14. The molecule has 0 aliphatic rings. The van der Waals surface area contributed by atoms with E-state index in [0.29, 0.717) is 22.5 Å². The molecule has 4 nitrogen and oxygen atoms in total. The summed E-state index contributed by atoms with van der Waals surface area (Å²) in [5.41, 5.74) is 2.55. The topological polar surface area (TPSA) is 51.2 Å². The Balaban J connectivity index is 1.60. The standard InChI is InChI=1S/C20H19FN2O2S/c1-13(2)16-5-3-4-6-18(16)25-11-19(24)23-20-22-17(12-26-20)14-7-9-15(21)10-8-14/h3-10,12-13H,11H2,1-2H3,(H,22,23,24). The van der Waals surface area contributed by atoms with E-state index in [-0.39, 0.29) is 18.3 Å². The first-order valence-electron chi connectivity index (χ1n) is 8.26. The number of carbonyl (C=O) groups is 1. The summed E-state index contributed by atoms with van der Waals surface area (Å²) in [4.78, 5) is 16.5. The summed E-state index contributed by atoms with van der Waals surface area (Å²) in [5.74, 6) is 0.454. The SMILES string of the molecule is CC(C)c1ccccc1OCC(=O)Nc1nc(-c2ccc(F)cc2)cs1. The van der Waals surface area contributed by atoms with E-state index in [1.54, 1.807) is 12.1 Å². The Morgan fingerprint density at radius 1 is 1.19 bits per heavy atom. The molecule has 1 amide bonds. The van der Waals surface area contributed by atoms with Gasteiger partial charge in [0, 0.05) is 10.9 Å². The lowest BCUT2D eigenvalue weighted by Gasteiger charge is -2.13. The minimum absolute atomic E-state index is 0.0881. The third-order valence-corrected chi connectivity index (χ3v) is 4.55. The molecule has 0 atom stereocenters. The van der Waals surface area contributed by atoms with Crippen LogP contribution in [0.1, 0.15) is 25.3 Å². The molecule has 6 heteroatoms. The molecule has 3 aromatic rings. The van der Waals surface area contributed by atoms with Crippen molar-refractivity contribution in [3.8, 4) is 17.0 Å². The van der Waals surface area contributed by atoms with Crippen molar-refractivity contribution in [3.63, 3.8) is 0 Å². The summed E-state index contributed by atoms with van der Waals surface area (Å²) in [5, 5.41) is 5.03. The van der Waals surface area contributed by atoms with Crippen molar-refractivity contribution < 1.29 is 13.9 Å². The molecule has 3 rings (SSSR count). The molecule has 1 aromatic heterocycles. The van der Waals surface area contributed by atoms with Crippen LogP contribution in [0, 0.1) is 5.82 Å². The fraction of sp³-hybridized carbons (Fsp3) is 0.200. The number of thiazole rings is 1. The molecule has 0 unspecified atom stereocenters. The first-order chi connectivity index (χ1) is 12.5. The maximum Gasteiger partial charge on any atom is 0.264 e. The van der Waals surface area contributed by atoms with Crippen LogP contribution in [0.3, 0.4) is 0 Å². The molecule has 0 aliphatic carbocycles. The number of anilines is 1. The zero-order chi connectivity index (χ0) is 18.5. The van der Waals surface area contributed by atoms with E-state index in [9.17, 15) is 9.18 Å². The average molecular weight is 370 g/mol. The molecule has 1 heterocycles. The van der Waals surface area contributed by atoms with Crippen LogP contribution >= 0.6 is 11.3 Å². The van der Waals surface area contributed by atoms with Crippen molar-refractivity contribution in [2.75, 3.05) is 11.9 Å². The molecule has 0 saturated heterocycles. The van der Waals surface area contributed by atoms with Gasteiger partial charge in [0.1, 0.15) is 11.6 Å². The third-order valence-electron chi connectivity index (χ3n) is 3.79. The molecule has 0 radical (unpaired) electrons. The van der Waals surface area contributed by atoms with E-state index in [1.807, 2.05) is 29.6 Å². The third kappa shape index (κ3) is 4.46. The Kier molecular flexibility index (Phi) is 5.63. The monoisotopic (exact) mass is 370 g/mol. The van der Waals surface area contributed by atoms with Gasteiger partial charge in [0.15, 0.2) is 11.7 Å². The van der Waals surface area contributed by atoms with Gasteiger partial charge in [-0.3, -0.25) is 10.1 Å². The summed E-state index contributed by atoms with van der Waals surface area (Å²) in [6.45, 7) is 4.07. The Labute approximate surface area is 155 Å². The van der Waals surface area contributed by atoms with E-state index >= 15 is 0 Å². The van der Waals surface area contributed by atoms with E-state index in [0.717, 1.165) is 11.1 Å². The Morgan fingerprint density at radius 2 is 1.92 bits per heavy atom. The summed E-state index contributed by atoms with van der Waals surface area (Å²) < 4.78 is 18.7. The second-order valence-corrected chi connectivity index (χ2v) is 6.93. The molecule has 0 aliphatic heterocycles. The lowest BCUT2D eigenvalue weighted by molar-refractivity contribution is -0.118. The Hall–Kier alpha value is -2.73. The number of carbonyl (C=O) groups excluding carboxylic acids is 1. The minimum Gasteiger partial charge on any atom is -0.483 e. The molecule has 2 aromatic carbocycles. The average Bonchev–Trinajstić information content (AvgIpc) is 3.09. The number of aromatic nitrogens is 1. The summed E-state index contributed by atoms with van der Waals surface area (Å²) in [7, 11) is 0.